The van der Waals surface area contributed by atoms with Crippen molar-refractivity contribution in [2.24, 2.45) is 0 Å². The Morgan fingerprint density at radius 3 is 2.79 bits per heavy atom. The molecule has 0 saturated heterocycles. The molecule has 3 aromatic heterocycles. The van der Waals surface area contributed by atoms with Crippen LogP contribution in [0.15, 0.2) is 29.1 Å². The van der Waals surface area contributed by atoms with Crippen LogP contribution in [0.4, 0.5) is 0 Å². The largest absolute Gasteiger partial charge is 0.486 e. The van der Waals surface area contributed by atoms with Crippen molar-refractivity contribution in [3.8, 4) is 5.75 Å². The fourth-order valence-electron chi connectivity index (χ4n) is 2.53. The Kier molecular flexibility index (Phi) is 3.54. The van der Waals surface area contributed by atoms with E-state index in [9.17, 15) is 4.79 Å². The van der Waals surface area contributed by atoms with Gasteiger partial charge in [0.05, 0.1) is 5.39 Å². The van der Waals surface area contributed by atoms with Crippen molar-refractivity contribution in [2.45, 2.75) is 20.5 Å². The number of nitrogens with zero attached hydrogens (tertiary/aromatic N) is 3. The van der Waals surface area contributed by atoms with Gasteiger partial charge in [0.15, 0.2) is 11.5 Å². The van der Waals surface area contributed by atoms with Gasteiger partial charge < -0.3 is 4.74 Å². The Bertz CT molecular complexity index is 1110. The summed E-state index contributed by atoms with van der Waals surface area (Å²) in [4.78, 5) is 21.5. The summed E-state index contributed by atoms with van der Waals surface area (Å²) in [5, 5.41) is 5.84. The van der Waals surface area contributed by atoms with E-state index in [-0.39, 0.29) is 12.3 Å². The molecule has 3 heterocycles. The number of aromatic amines is 1. The first kappa shape index (κ1) is 15.2. The minimum absolute atomic E-state index is 0.173. The molecule has 0 aliphatic carbocycles. The van der Waals surface area contributed by atoms with Gasteiger partial charge in [-0.25, -0.2) is 9.78 Å². The number of thiophene rings is 1. The molecule has 0 aliphatic heterocycles. The number of aryl methyl sites for hydroxylation is 2. The number of hydrogen-bond donors (Lipinski definition) is 1. The second-order valence-electron chi connectivity index (χ2n) is 5.42. The first-order valence-corrected chi connectivity index (χ1v) is 8.48. The van der Waals surface area contributed by atoms with E-state index in [1.807, 2.05) is 13.8 Å². The maximum Gasteiger partial charge on any atom is 0.349 e. The first-order chi connectivity index (χ1) is 11.5. The lowest BCUT2D eigenvalue weighted by molar-refractivity contribution is 0.296. The van der Waals surface area contributed by atoms with Crippen molar-refractivity contribution >= 4 is 38.8 Å². The normalized spacial score (nSPS) is 11.5. The molecular weight excluding hydrogens is 348 g/mol. The average molecular weight is 361 g/mol. The molecule has 0 saturated carbocycles. The summed E-state index contributed by atoms with van der Waals surface area (Å²) in [7, 11) is 0. The van der Waals surface area contributed by atoms with E-state index in [0.29, 0.717) is 22.2 Å². The van der Waals surface area contributed by atoms with Crippen LogP contribution in [0.5, 0.6) is 5.75 Å². The van der Waals surface area contributed by atoms with Gasteiger partial charge in [0, 0.05) is 9.90 Å². The quantitative estimate of drug-likeness (QED) is 0.607. The molecule has 4 rings (SSSR count). The zero-order valence-corrected chi connectivity index (χ0v) is 14.5. The smallest absolute Gasteiger partial charge is 0.349 e. The van der Waals surface area contributed by atoms with Gasteiger partial charge in [-0.3, -0.25) is 4.98 Å². The first-order valence-electron chi connectivity index (χ1n) is 7.29. The summed E-state index contributed by atoms with van der Waals surface area (Å²) in [6.07, 6.45) is 0. The zero-order valence-electron chi connectivity index (χ0n) is 13.0. The summed E-state index contributed by atoms with van der Waals surface area (Å²) in [6, 6.07) is 7.05. The molecule has 0 amide bonds. The molecule has 1 aromatic carbocycles. The number of fused-ring (bicyclic) bond motifs is 3. The number of aromatic nitrogens is 4. The highest BCUT2D eigenvalue weighted by Gasteiger charge is 2.16. The van der Waals surface area contributed by atoms with Gasteiger partial charge in [0.2, 0.25) is 0 Å². The van der Waals surface area contributed by atoms with E-state index in [0.717, 1.165) is 20.7 Å². The third-order valence-corrected chi connectivity index (χ3v) is 5.23. The molecule has 24 heavy (non-hydrogen) atoms. The van der Waals surface area contributed by atoms with Crippen LogP contribution in [0.1, 0.15) is 16.3 Å². The van der Waals surface area contributed by atoms with Crippen LogP contribution in [0, 0.1) is 13.8 Å². The van der Waals surface area contributed by atoms with Gasteiger partial charge >= 0.3 is 5.69 Å². The maximum absolute atomic E-state index is 12.2. The van der Waals surface area contributed by atoms with Crippen LogP contribution in [0.25, 0.3) is 15.9 Å². The molecule has 122 valence electrons. The number of benzene rings is 1. The van der Waals surface area contributed by atoms with Crippen LogP contribution in [0.2, 0.25) is 5.02 Å². The highest BCUT2D eigenvalue weighted by molar-refractivity contribution is 7.18. The lowest BCUT2D eigenvalue weighted by Crippen LogP contribution is -2.17. The molecular formula is C16H13ClN4O2S. The minimum Gasteiger partial charge on any atom is -0.486 e. The van der Waals surface area contributed by atoms with E-state index in [2.05, 4.69) is 15.1 Å². The summed E-state index contributed by atoms with van der Waals surface area (Å²) in [6.45, 7) is 4.22. The van der Waals surface area contributed by atoms with Gasteiger partial charge in [0.1, 0.15) is 17.2 Å². The molecule has 4 aromatic rings. The summed E-state index contributed by atoms with van der Waals surface area (Å²) in [5.41, 5.74) is 1.36. The number of hydrogen-bond acceptors (Lipinski definition) is 5. The fraction of sp³-hybridized carbons (Fsp3) is 0.188. The molecule has 0 fully saturated rings. The molecule has 0 radical (unpaired) electrons. The van der Waals surface area contributed by atoms with Crippen LogP contribution in [0.3, 0.4) is 0 Å². The number of rotatable bonds is 3. The molecule has 0 bridgehead atoms. The van der Waals surface area contributed by atoms with Crippen LogP contribution >= 0.6 is 22.9 Å². The fourth-order valence-corrected chi connectivity index (χ4v) is 3.70. The van der Waals surface area contributed by atoms with Crippen molar-refractivity contribution in [3.05, 3.63) is 56.0 Å². The molecule has 1 N–H and O–H groups in total. The number of halogens is 1. The summed E-state index contributed by atoms with van der Waals surface area (Å²) < 4.78 is 6.95. The maximum atomic E-state index is 12.2. The Morgan fingerprint density at radius 2 is 2.04 bits per heavy atom. The second-order valence-corrected chi connectivity index (χ2v) is 7.08. The van der Waals surface area contributed by atoms with Gasteiger partial charge in [-0.1, -0.05) is 11.6 Å². The van der Waals surface area contributed by atoms with Crippen molar-refractivity contribution in [3.63, 3.8) is 0 Å². The van der Waals surface area contributed by atoms with E-state index in [1.165, 1.54) is 4.52 Å². The van der Waals surface area contributed by atoms with Crippen molar-refractivity contribution in [2.75, 3.05) is 0 Å². The Labute approximate surface area is 145 Å². The number of ether oxygens (including phenoxy) is 1. The zero-order chi connectivity index (χ0) is 16.8. The topological polar surface area (TPSA) is 72.3 Å². The summed E-state index contributed by atoms with van der Waals surface area (Å²) in [5.74, 6) is 1.12. The monoisotopic (exact) mass is 360 g/mol. The van der Waals surface area contributed by atoms with Gasteiger partial charge in [-0.2, -0.15) is 4.52 Å². The molecule has 0 atom stereocenters. The van der Waals surface area contributed by atoms with Crippen molar-refractivity contribution < 1.29 is 4.74 Å². The van der Waals surface area contributed by atoms with E-state index in [1.54, 1.807) is 35.6 Å². The Balaban J connectivity index is 1.75. The average Bonchev–Trinajstić information content (AvgIpc) is 3.09. The number of nitrogens with one attached hydrogen (secondary N) is 1. The molecule has 0 spiro atoms. The molecule has 0 aliphatic rings. The van der Waals surface area contributed by atoms with E-state index < -0.39 is 0 Å². The van der Waals surface area contributed by atoms with Gasteiger partial charge in [-0.05, 0) is 43.7 Å². The van der Waals surface area contributed by atoms with Crippen LogP contribution in [-0.2, 0) is 6.61 Å². The van der Waals surface area contributed by atoms with Gasteiger partial charge in [-0.15, -0.1) is 16.4 Å². The molecule has 8 heteroatoms. The SMILES string of the molecule is Cc1sc2[nH]c(=O)n3nc(COc4ccc(Cl)cc4)nc3c2c1C. The van der Waals surface area contributed by atoms with E-state index in [4.69, 9.17) is 16.3 Å². The predicted octanol–water partition coefficient (Wildman–Crippen LogP) is 3.48. The van der Waals surface area contributed by atoms with Crippen LogP contribution < -0.4 is 10.4 Å². The highest BCUT2D eigenvalue weighted by atomic mass is 35.5. The molecule has 6 nitrogen and oxygen atoms in total. The third kappa shape index (κ3) is 2.46. The summed E-state index contributed by atoms with van der Waals surface area (Å²) >= 11 is 7.40. The van der Waals surface area contributed by atoms with Crippen LogP contribution in [-0.4, -0.2) is 19.6 Å². The Morgan fingerprint density at radius 1 is 1.29 bits per heavy atom. The Hall–Kier alpha value is -2.38. The van der Waals surface area contributed by atoms with Crippen molar-refractivity contribution in [1.82, 2.24) is 19.6 Å². The van der Waals surface area contributed by atoms with E-state index >= 15 is 0 Å². The number of H-pyrrole nitrogens is 1. The minimum atomic E-state index is -0.302. The van der Waals surface area contributed by atoms with Crippen molar-refractivity contribution in [1.29, 1.82) is 0 Å². The highest BCUT2D eigenvalue weighted by Crippen LogP contribution is 2.30. The lowest BCUT2D eigenvalue weighted by Gasteiger charge is -2.02. The standard InChI is InChI=1S/C16H13ClN4O2S/c1-8-9(2)24-15-13(8)14-18-12(20-21(14)16(22)19-15)7-23-11-5-3-10(17)4-6-11/h3-6H,7H2,1-2H3,(H,19,22). The second kappa shape index (κ2) is 5.61. The van der Waals surface area contributed by atoms with Gasteiger partial charge in [0.25, 0.3) is 0 Å². The lowest BCUT2D eigenvalue weighted by atomic mass is 10.2. The third-order valence-electron chi connectivity index (χ3n) is 3.85. The molecule has 0 unspecified atom stereocenters. The predicted molar refractivity (Wildman–Crippen MR) is 94.2 cm³/mol.